The van der Waals surface area contributed by atoms with Gasteiger partial charge in [0.25, 0.3) is 0 Å². The van der Waals surface area contributed by atoms with Crippen molar-refractivity contribution in [2.45, 2.75) is 70.0 Å². The molecule has 0 aliphatic carbocycles. The highest BCUT2D eigenvalue weighted by Crippen LogP contribution is 2.36. The number of rotatable bonds is 4. The Hall–Kier alpha value is -1.66. The Labute approximate surface area is 174 Å². The summed E-state index contributed by atoms with van der Waals surface area (Å²) in [7, 11) is 0. The van der Waals surface area contributed by atoms with Crippen LogP contribution in [0.3, 0.4) is 0 Å². The van der Waals surface area contributed by atoms with Gasteiger partial charge in [-0.15, -0.1) is 0 Å². The molecular formula is C23H35N3O3. The lowest BCUT2D eigenvalue weighted by Crippen LogP contribution is -2.53. The minimum absolute atomic E-state index is 0.136. The van der Waals surface area contributed by atoms with Crippen LogP contribution in [0.2, 0.25) is 0 Å². The van der Waals surface area contributed by atoms with E-state index in [0.717, 1.165) is 64.0 Å². The number of aryl methyl sites for hydroxylation is 1. The Morgan fingerprint density at radius 2 is 1.97 bits per heavy atom. The molecule has 3 saturated heterocycles. The minimum atomic E-state index is -0.147. The number of ether oxygens (including phenoxy) is 2. The Morgan fingerprint density at radius 1 is 1.21 bits per heavy atom. The molecule has 0 bridgehead atoms. The van der Waals surface area contributed by atoms with E-state index in [2.05, 4.69) is 16.8 Å². The summed E-state index contributed by atoms with van der Waals surface area (Å²) >= 11 is 0. The Morgan fingerprint density at radius 3 is 2.69 bits per heavy atom. The van der Waals surface area contributed by atoms with E-state index in [4.69, 9.17) is 9.47 Å². The van der Waals surface area contributed by atoms with Gasteiger partial charge in [-0.1, -0.05) is 12.8 Å². The van der Waals surface area contributed by atoms with Crippen molar-refractivity contribution in [2.24, 2.45) is 0 Å². The second-order valence-electron chi connectivity index (χ2n) is 9.01. The van der Waals surface area contributed by atoms with E-state index in [1.54, 1.807) is 6.20 Å². The number of hydrogen-bond donors (Lipinski definition) is 0. The first-order valence-corrected chi connectivity index (χ1v) is 11.4. The first-order chi connectivity index (χ1) is 14.1. The number of carbonyl (C=O) groups is 1. The fourth-order valence-electron chi connectivity index (χ4n) is 4.92. The second kappa shape index (κ2) is 9.43. The van der Waals surface area contributed by atoms with E-state index in [0.29, 0.717) is 12.4 Å². The van der Waals surface area contributed by atoms with Crippen LogP contribution in [0.15, 0.2) is 18.3 Å². The summed E-state index contributed by atoms with van der Waals surface area (Å²) in [6, 6.07) is 3.98. The van der Waals surface area contributed by atoms with Crippen molar-refractivity contribution in [3.05, 3.63) is 23.9 Å². The topological polar surface area (TPSA) is 54.9 Å². The lowest BCUT2D eigenvalue weighted by Gasteiger charge is -2.46. The molecule has 6 heteroatoms. The van der Waals surface area contributed by atoms with Crippen molar-refractivity contribution >= 4 is 5.91 Å². The van der Waals surface area contributed by atoms with Gasteiger partial charge in [-0.3, -0.25) is 9.69 Å². The molecule has 1 amide bonds. The zero-order valence-corrected chi connectivity index (χ0v) is 17.8. The normalized spacial score (nSPS) is 25.6. The molecule has 1 aromatic rings. The average Bonchev–Trinajstić information content (AvgIpc) is 2.97. The highest BCUT2D eigenvalue weighted by atomic mass is 16.5. The van der Waals surface area contributed by atoms with Crippen LogP contribution in [-0.2, 0) is 9.53 Å². The molecule has 29 heavy (non-hydrogen) atoms. The highest BCUT2D eigenvalue weighted by molar-refractivity contribution is 5.78. The van der Waals surface area contributed by atoms with Gasteiger partial charge in [0.1, 0.15) is 6.10 Å². The molecule has 160 valence electrons. The van der Waals surface area contributed by atoms with Crippen LogP contribution in [0, 0.1) is 6.92 Å². The third-order valence-corrected chi connectivity index (χ3v) is 6.71. The van der Waals surface area contributed by atoms with Crippen molar-refractivity contribution in [1.29, 1.82) is 0 Å². The molecule has 1 atom stereocenters. The molecule has 0 aromatic carbocycles. The molecule has 0 N–H and O–H groups in total. The van der Waals surface area contributed by atoms with E-state index in [1.165, 1.54) is 25.7 Å². The van der Waals surface area contributed by atoms with Crippen molar-refractivity contribution in [1.82, 2.24) is 14.8 Å². The van der Waals surface area contributed by atoms with Gasteiger partial charge in [0.05, 0.1) is 18.8 Å². The maximum Gasteiger partial charge on any atom is 0.236 e. The molecule has 6 nitrogen and oxygen atoms in total. The summed E-state index contributed by atoms with van der Waals surface area (Å²) in [5, 5.41) is 0. The lowest BCUT2D eigenvalue weighted by molar-refractivity contribution is -0.152. The van der Waals surface area contributed by atoms with E-state index in [1.807, 2.05) is 17.0 Å². The van der Waals surface area contributed by atoms with Gasteiger partial charge in [0.2, 0.25) is 11.8 Å². The molecule has 0 saturated carbocycles. The first kappa shape index (κ1) is 20.6. The van der Waals surface area contributed by atoms with E-state index >= 15 is 0 Å². The first-order valence-electron chi connectivity index (χ1n) is 11.4. The summed E-state index contributed by atoms with van der Waals surface area (Å²) in [4.78, 5) is 21.5. The van der Waals surface area contributed by atoms with Gasteiger partial charge in [-0.25, -0.2) is 4.98 Å². The number of aromatic nitrogens is 1. The molecule has 3 aliphatic heterocycles. The Kier molecular flexibility index (Phi) is 6.70. The number of amides is 1. The van der Waals surface area contributed by atoms with Crippen LogP contribution in [0.1, 0.15) is 56.9 Å². The van der Waals surface area contributed by atoms with Crippen LogP contribution >= 0.6 is 0 Å². The van der Waals surface area contributed by atoms with Crippen LogP contribution in [0.25, 0.3) is 0 Å². The largest absolute Gasteiger partial charge is 0.474 e. The third-order valence-electron chi connectivity index (χ3n) is 6.71. The maximum absolute atomic E-state index is 12.8. The number of hydrogen-bond acceptors (Lipinski definition) is 5. The number of pyridine rings is 1. The molecule has 3 aliphatic rings. The van der Waals surface area contributed by atoms with Gasteiger partial charge >= 0.3 is 0 Å². The molecule has 1 spiro atoms. The smallest absolute Gasteiger partial charge is 0.236 e. The Balaban J connectivity index is 1.27. The molecule has 0 radical (unpaired) electrons. The fourth-order valence-corrected chi connectivity index (χ4v) is 4.92. The van der Waals surface area contributed by atoms with Crippen molar-refractivity contribution in [2.75, 3.05) is 39.3 Å². The molecule has 1 unspecified atom stereocenters. The van der Waals surface area contributed by atoms with Crippen molar-refractivity contribution in [3.8, 4) is 5.88 Å². The lowest BCUT2D eigenvalue weighted by atomic mass is 9.83. The number of likely N-dealkylation sites (tertiary alicyclic amines) is 2. The van der Waals surface area contributed by atoms with Crippen LogP contribution < -0.4 is 4.74 Å². The van der Waals surface area contributed by atoms with E-state index in [-0.39, 0.29) is 17.6 Å². The van der Waals surface area contributed by atoms with Crippen LogP contribution in [0.4, 0.5) is 0 Å². The predicted molar refractivity (Wildman–Crippen MR) is 112 cm³/mol. The number of carbonyl (C=O) groups excluding carboxylic acids is 1. The van der Waals surface area contributed by atoms with Gasteiger partial charge < -0.3 is 14.4 Å². The van der Waals surface area contributed by atoms with Crippen molar-refractivity contribution < 1.29 is 14.3 Å². The SMILES string of the molecule is Cc1ccnc(OC2CCOC3(CCN(C(=O)CN4CCCCCC4)CC3)C2)c1. The zero-order valence-electron chi connectivity index (χ0n) is 17.8. The summed E-state index contributed by atoms with van der Waals surface area (Å²) in [5.41, 5.74) is 1.01. The molecule has 4 heterocycles. The van der Waals surface area contributed by atoms with Gasteiger partial charge in [0.15, 0.2) is 0 Å². The minimum Gasteiger partial charge on any atom is -0.474 e. The van der Waals surface area contributed by atoms with Crippen LogP contribution in [0.5, 0.6) is 5.88 Å². The predicted octanol–water partition coefficient (Wildman–Crippen LogP) is 3.19. The summed E-state index contributed by atoms with van der Waals surface area (Å²) < 4.78 is 12.4. The average molecular weight is 402 g/mol. The zero-order chi connectivity index (χ0) is 20.1. The Bertz CT molecular complexity index is 680. The summed E-state index contributed by atoms with van der Waals surface area (Å²) in [6.07, 6.45) is 10.6. The quantitative estimate of drug-likeness (QED) is 0.776. The van der Waals surface area contributed by atoms with Crippen molar-refractivity contribution in [3.63, 3.8) is 0 Å². The maximum atomic E-state index is 12.8. The number of nitrogens with zero attached hydrogens (tertiary/aromatic N) is 3. The van der Waals surface area contributed by atoms with E-state index < -0.39 is 0 Å². The standard InChI is InChI=1S/C23H35N3O3/c1-19-6-10-24-21(16-19)29-20-7-15-28-23(17-20)8-13-26(14-9-23)22(27)18-25-11-4-2-3-5-12-25/h6,10,16,20H,2-5,7-9,11-15,17-18H2,1H3. The molecule has 3 fully saturated rings. The molecule has 1 aromatic heterocycles. The second-order valence-corrected chi connectivity index (χ2v) is 9.01. The van der Waals surface area contributed by atoms with Gasteiger partial charge in [-0.2, -0.15) is 0 Å². The fraction of sp³-hybridized carbons (Fsp3) is 0.739. The van der Waals surface area contributed by atoms with E-state index in [9.17, 15) is 4.79 Å². The van der Waals surface area contributed by atoms with Gasteiger partial charge in [-0.05, 0) is 57.3 Å². The summed E-state index contributed by atoms with van der Waals surface area (Å²) in [6.45, 7) is 7.08. The third kappa shape index (κ3) is 5.48. The van der Waals surface area contributed by atoms with Crippen LogP contribution in [-0.4, -0.2) is 71.7 Å². The highest BCUT2D eigenvalue weighted by Gasteiger charge is 2.42. The summed E-state index contributed by atoms with van der Waals surface area (Å²) in [5.74, 6) is 0.992. The molecule has 4 rings (SSSR count). The monoisotopic (exact) mass is 401 g/mol. The number of piperidine rings is 1. The van der Waals surface area contributed by atoms with Gasteiger partial charge in [0, 0.05) is 38.2 Å². The molecular weight excluding hydrogens is 366 g/mol.